The van der Waals surface area contributed by atoms with Crippen LogP contribution in [0, 0.1) is 0 Å². The summed E-state index contributed by atoms with van der Waals surface area (Å²) in [4.78, 5) is 14.5. The number of nitrogens with one attached hydrogen (secondary N) is 1. The molecule has 0 saturated carbocycles. The van der Waals surface area contributed by atoms with Gasteiger partial charge in [0.25, 0.3) is 0 Å². The summed E-state index contributed by atoms with van der Waals surface area (Å²) in [7, 11) is 1.61. The number of carbonyl (C=O) groups is 1. The summed E-state index contributed by atoms with van der Waals surface area (Å²) in [6.07, 6.45) is 3.48. The molecule has 1 N–H and O–H groups in total. The van der Waals surface area contributed by atoms with Gasteiger partial charge in [0.05, 0.1) is 6.54 Å². The Morgan fingerprint density at radius 2 is 2.55 bits per heavy atom. The molecule has 0 fully saturated rings. The normalized spacial score (nSPS) is 9.55. The molecule has 0 bridgehead atoms. The van der Waals surface area contributed by atoms with E-state index in [2.05, 4.69) is 15.4 Å². The van der Waals surface area contributed by atoms with E-state index in [4.69, 9.17) is 0 Å². The Labute approximate surface area is 64.4 Å². The van der Waals surface area contributed by atoms with Crippen LogP contribution in [0.5, 0.6) is 0 Å². The molecule has 1 amide bonds. The fourth-order valence-electron chi connectivity index (χ4n) is 0.689. The number of hydrogen-bond acceptors (Lipinski definition) is 3. The standard InChI is InChI=1S/C6H10N4O/c1-7-6(11)2-3-10-5-8-4-9-10/h4-5H,2-3H2,1H3,(H,7,11). The van der Waals surface area contributed by atoms with Gasteiger partial charge in [-0.05, 0) is 0 Å². The second-order valence-electron chi connectivity index (χ2n) is 2.08. The minimum Gasteiger partial charge on any atom is -0.359 e. The highest BCUT2D eigenvalue weighted by Gasteiger charge is 1.97. The van der Waals surface area contributed by atoms with Crippen molar-refractivity contribution in [2.45, 2.75) is 13.0 Å². The molecule has 1 aromatic rings. The number of carbonyl (C=O) groups excluding carboxylic acids is 1. The van der Waals surface area contributed by atoms with Crippen LogP contribution >= 0.6 is 0 Å². The van der Waals surface area contributed by atoms with Gasteiger partial charge in [-0.25, -0.2) is 4.98 Å². The van der Waals surface area contributed by atoms with Crippen molar-refractivity contribution in [1.29, 1.82) is 0 Å². The van der Waals surface area contributed by atoms with E-state index in [0.717, 1.165) is 0 Å². The topological polar surface area (TPSA) is 59.8 Å². The van der Waals surface area contributed by atoms with E-state index in [1.807, 2.05) is 0 Å². The van der Waals surface area contributed by atoms with Crippen molar-refractivity contribution >= 4 is 5.91 Å². The Bertz CT molecular complexity index is 218. The highest BCUT2D eigenvalue weighted by Crippen LogP contribution is 1.85. The van der Waals surface area contributed by atoms with Crippen LogP contribution in [-0.4, -0.2) is 27.7 Å². The van der Waals surface area contributed by atoms with Gasteiger partial charge in [0, 0.05) is 13.5 Å². The third-order valence-corrected chi connectivity index (χ3v) is 1.31. The van der Waals surface area contributed by atoms with Crippen LogP contribution in [0.15, 0.2) is 12.7 Å². The Morgan fingerprint density at radius 1 is 1.73 bits per heavy atom. The van der Waals surface area contributed by atoms with Crippen LogP contribution in [-0.2, 0) is 11.3 Å². The summed E-state index contributed by atoms with van der Waals surface area (Å²) in [6, 6.07) is 0. The molecule has 0 aliphatic carbocycles. The summed E-state index contributed by atoms with van der Waals surface area (Å²) in [5.41, 5.74) is 0. The minimum absolute atomic E-state index is 0.0144. The van der Waals surface area contributed by atoms with Crippen molar-refractivity contribution in [3.63, 3.8) is 0 Å². The van der Waals surface area contributed by atoms with E-state index in [0.29, 0.717) is 13.0 Å². The summed E-state index contributed by atoms with van der Waals surface area (Å²) in [5, 5.41) is 6.37. The zero-order chi connectivity index (χ0) is 8.10. The molecule has 5 nitrogen and oxygen atoms in total. The molecule has 0 spiro atoms. The molecule has 0 aliphatic heterocycles. The zero-order valence-corrected chi connectivity index (χ0v) is 6.32. The highest BCUT2D eigenvalue weighted by atomic mass is 16.1. The zero-order valence-electron chi connectivity index (χ0n) is 6.32. The molecule has 1 rings (SSSR count). The molecular weight excluding hydrogens is 144 g/mol. The molecule has 0 unspecified atom stereocenters. The molecule has 60 valence electrons. The van der Waals surface area contributed by atoms with E-state index in [1.165, 1.54) is 6.33 Å². The Balaban J connectivity index is 2.29. The van der Waals surface area contributed by atoms with Crippen molar-refractivity contribution in [2.24, 2.45) is 0 Å². The first-order valence-corrected chi connectivity index (χ1v) is 3.36. The second-order valence-corrected chi connectivity index (χ2v) is 2.08. The average Bonchev–Trinajstić information content (AvgIpc) is 2.52. The maximum absolute atomic E-state index is 10.7. The maximum atomic E-state index is 10.7. The molecule has 1 aromatic heterocycles. The number of amides is 1. The van der Waals surface area contributed by atoms with Crippen molar-refractivity contribution < 1.29 is 4.79 Å². The minimum atomic E-state index is 0.0144. The third kappa shape index (κ3) is 2.37. The molecular formula is C6H10N4O. The maximum Gasteiger partial charge on any atom is 0.221 e. The predicted molar refractivity (Wildman–Crippen MR) is 38.7 cm³/mol. The Kier molecular flexibility index (Phi) is 2.59. The van der Waals surface area contributed by atoms with E-state index >= 15 is 0 Å². The monoisotopic (exact) mass is 154 g/mol. The number of nitrogens with zero attached hydrogens (tertiary/aromatic N) is 3. The van der Waals surface area contributed by atoms with Gasteiger partial charge in [0.15, 0.2) is 0 Å². The first kappa shape index (κ1) is 7.71. The van der Waals surface area contributed by atoms with E-state index in [1.54, 1.807) is 18.1 Å². The van der Waals surface area contributed by atoms with Crippen LogP contribution in [0.3, 0.4) is 0 Å². The predicted octanol–water partition coefficient (Wildman–Crippen LogP) is -0.586. The molecule has 0 radical (unpaired) electrons. The smallest absolute Gasteiger partial charge is 0.221 e. The molecule has 0 aromatic carbocycles. The first-order valence-electron chi connectivity index (χ1n) is 3.36. The van der Waals surface area contributed by atoms with Gasteiger partial charge in [-0.1, -0.05) is 0 Å². The van der Waals surface area contributed by atoms with Crippen molar-refractivity contribution in [3.05, 3.63) is 12.7 Å². The first-order chi connectivity index (χ1) is 5.33. The lowest BCUT2D eigenvalue weighted by Gasteiger charge is -1.98. The van der Waals surface area contributed by atoms with Crippen molar-refractivity contribution in [1.82, 2.24) is 20.1 Å². The van der Waals surface area contributed by atoms with Crippen LogP contribution < -0.4 is 5.32 Å². The fourth-order valence-corrected chi connectivity index (χ4v) is 0.689. The second kappa shape index (κ2) is 3.70. The summed E-state index contributed by atoms with van der Waals surface area (Å²) < 4.78 is 1.62. The fraction of sp³-hybridized carbons (Fsp3) is 0.500. The van der Waals surface area contributed by atoms with Crippen LogP contribution in [0.1, 0.15) is 6.42 Å². The number of aryl methyl sites for hydroxylation is 1. The molecule has 0 saturated heterocycles. The largest absolute Gasteiger partial charge is 0.359 e. The summed E-state index contributed by atoms with van der Waals surface area (Å²) >= 11 is 0. The van der Waals surface area contributed by atoms with Crippen LogP contribution in [0.4, 0.5) is 0 Å². The van der Waals surface area contributed by atoms with Gasteiger partial charge in [0.2, 0.25) is 5.91 Å². The van der Waals surface area contributed by atoms with Crippen molar-refractivity contribution in [3.8, 4) is 0 Å². The third-order valence-electron chi connectivity index (χ3n) is 1.31. The van der Waals surface area contributed by atoms with Gasteiger partial charge in [-0.3, -0.25) is 9.48 Å². The van der Waals surface area contributed by atoms with Crippen LogP contribution in [0.2, 0.25) is 0 Å². The lowest BCUT2D eigenvalue weighted by molar-refractivity contribution is -0.120. The van der Waals surface area contributed by atoms with Gasteiger partial charge in [-0.15, -0.1) is 0 Å². The SMILES string of the molecule is CNC(=O)CCn1cncn1. The molecule has 1 heterocycles. The number of aromatic nitrogens is 3. The van der Waals surface area contributed by atoms with Crippen LogP contribution in [0.25, 0.3) is 0 Å². The summed E-state index contributed by atoms with van der Waals surface area (Å²) in [6.45, 7) is 0.583. The Hall–Kier alpha value is -1.39. The van der Waals surface area contributed by atoms with E-state index in [-0.39, 0.29) is 5.91 Å². The molecule has 11 heavy (non-hydrogen) atoms. The van der Waals surface area contributed by atoms with Gasteiger partial charge in [-0.2, -0.15) is 5.10 Å². The average molecular weight is 154 g/mol. The van der Waals surface area contributed by atoms with E-state index < -0.39 is 0 Å². The Morgan fingerprint density at radius 3 is 3.09 bits per heavy atom. The highest BCUT2D eigenvalue weighted by molar-refractivity contribution is 5.75. The van der Waals surface area contributed by atoms with Gasteiger partial charge >= 0.3 is 0 Å². The van der Waals surface area contributed by atoms with E-state index in [9.17, 15) is 4.79 Å². The van der Waals surface area contributed by atoms with Gasteiger partial charge < -0.3 is 5.32 Å². The lowest BCUT2D eigenvalue weighted by Crippen LogP contribution is -2.19. The molecule has 0 aliphatic rings. The lowest BCUT2D eigenvalue weighted by atomic mass is 10.4. The number of hydrogen-bond donors (Lipinski definition) is 1. The molecule has 5 heteroatoms. The van der Waals surface area contributed by atoms with Crippen molar-refractivity contribution in [2.75, 3.05) is 7.05 Å². The summed E-state index contributed by atoms with van der Waals surface area (Å²) in [5.74, 6) is 0.0144. The quantitative estimate of drug-likeness (QED) is 0.633. The number of rotatable bonds is 3. The van der Waals surface area contributed by atoms with Gasteiger partial charge in [0.1, 0.15) is 12.7 Å². The molecule has 0 atom stereocenters.